The molecule has 3 heterocycles. The van der Waals surface area contributed by atoms with Crippen molar-refractivity contribution in [2.45, 2.75) is 37.4 Å². The van der Waals surface area contributed by atoms with E-state index in [9.17, 15) is 9.18 Å². The minimum atomic E-state index is -0.318. The first-order chi connectivity index (χ1) is 11.2. The Hall–Kier alpha value is -1.99. The summed E-state index contributed by atoms with van der Waals surface area (Å²) in [6, 6.07) is 6.84. The van der Waals surface area contributed by atoms with E-state index in [1.165, 1.54) is 48.2 Å². The molecule has 3 atom stereocenters. The second-order valence-corrected chi connectivity index (χ2v) is 6.90. The van der Waals surface area contributed by atoms with Crippen molar-refractivity contribution in [2.75, 3.05) is 0 Å². The predicted molar refractivity (Wildman–Crippen MR) is 84.4 cm³/mol. The monoisotopic (exact) mass is 333 g/mol. The zero-order valence-corrected chi connectivity index (χ0v) is 13.1. The number of rotatable bonds is 4. The van der Waals surface area contributed by atoms with Gasteiger partial charge in [-0.15, -0.1) is 0 Å². The lowest BCUT2D eigenvalue weighted by Crippen LogP contribution is -2.42. The van der Waals surface area contributed by atoms with Gasteiger partial charge in [0.15, 0.2) is 5.01 Å². The molecule has 2 aliphatic heterocycles. The van der Waals surface area contributed by atoms with Crippen LogP contribution in [0.25, 0.3) is 0 Å². The first-order valence-electron chi connectivity index (χ1n) is 7.63. The third-order valence-corrected chi connectivity index (χ3v) is 5.20. The van der Waals surface area contributed by atoms with Gasteiger partial charge in [0.05, 0.1) is 6.20 Å². The molecule has 0 aliphatic carbocycles. The summed E-state index contributed by atoms with van der Waals surface area (Å²) in [4.78, 5) is 16.4. The molecule has 2 bridgehead atoms. The lowest BCUT2D eigenvalue weighted by molar-refractivity contribution is 0.0930. The number of carbonyl (C=O) groups is 1. The van der Waals surface area contributed by atoms with Gasteiger partial charge in [0, 0.05) is 18.1 Å². The van der Waals surface area contributed by atoms with Gasteiger partial charge >= 0.3 is 0 Å². The van der Waals surface area contributed by atoms with Crippen molar-refractivity contribution in [3.63, 3.8) is 0 Å². The lowest BCUT2D eigenvalue weighted by atomic mass is 9.95. The maximum absolute atomic E-state index is 12.9. The molecule has 2 saturated heterocycles. The zero-order chi connectivity index (χ0) is 15.8. The smallest absolute Gasteiger partial charge is 0.280 e. The van der Waals surface area contributed by atoms with E-state index in [0.29, 0.717) is 27.9 Å². The second-order valence-electron chi connectivity index (χ2n) is 5.90. The summed E-state index contributed by atoms with van der Waals surface area (Å²) in [7, 11) is 0. The van der Waals surface area contributed by atoms with Gasteiger partial charge in [-0.3, -0.25) is 4.79 Å². The molecule has 0 spiro atoms. The summed E-state index contributed by atoms with van der Waals surface area (Å²) < 4.78 is 18.5. The van der Waals surface area contributed by atoms with Crippen LogP contribution in [0.3, 0.4) is 0 Å². The Bertz CT molecular complexity index is 718. The fraction of sp³-hybridized carbons (Fsp3) is 0.375. The van der Waals surface area contributed by atoms with Gasteiger partial charge < -0.3 is 15.4 Å². The third-order valence-electron chi connectivity index (χ3n) is 4.33. The second kappa shape index (κ2) is 5.90. The molecule has 5 nitrogen and oxygen atoms in total. The molecule has 0 radical (unpaired) electrons. The van der Waals surface area contributed by atoms with Crippen molar-refractivity contribution in [3.05, 3.63) is 41.3 Å². The molecule has 2 aliphatic rings. The van der Waals surface area contributed by atoms with E-state index in [0.717, 1.165) is 12.8 Å². The number of hydrogen-bond donors (Lipinski definition) is 2. The highest BCUT2D eigenvalue weighted by Crippen LogP contribution is 2.30. The van der Waals surface area contributed by atoms with E-state index in [1.807, 2.05) is 0 Å². The standard InChI is InChI=1S/C16H16FN3O2S/c17-9-1-4-11(5-2-9)22-14-8-18-16(23-14)15(21)20-13-7-10-3-6-12(13)19-10/h1-2,4-5,8,10,12-13,19H,3,6-7H2,(H,20,21). The number of halogens is 1. The SMILES string of the molecule is O=C(NC1CC2CCC1N2)c1ncc(Oc2ccc(F)cc2)s1. The van der Waals surface area contributed by atoms with Crippen molar-refractivity contribution in [1.29, 1.82) is 0 Å². The predicted octanol–water partition coefficient (Wildman–Crippen LogP) is 2.70. The van der Waals surface area contributed by atoms with Crippen molar-refractivity contribution >= 4 is 17.2 Å². The van der Waals surface area contributed by atoms with E-state index in [4.69, 9.17) is 4.74 Å². The van der Waals surface area contributed by atoms with Gasteiger partial charge in [0.25, 0.3) is 5.91 Å². The summed E-state index contributed by atoms with van der Waals surface area (Å²) in [6.07, 6.45) is 4.82. The fourth-order valence-electron chi connectivity index (χ4n) is 3.24. The van der Waals surface area contributed by atoms with E-state index >= 15 is 0 Å². The van der Waals surface area contributed by atoms with Crippen LogP contribution in [0.15, 0.2) is 30.5 Å². The van der Waals surface area contributed by atoms with Gasteiger partial charge in [-0.25, -0.2) is 9.37 Å². The average molecular weight is 333 g/mol. The van der Waals surface area contributed by atoms with E-state index in [2.05, 4.69) is 15.6 Å². The average Bonchev–Trinajstić information content (AvgIpc) is 3.26. The van der Waals surface area contributed by atoms with Gasteiger partial charge in [0.1, 0.15) is 11.6 Å². The maximum Gasteiger partial charge on any atom is 0.280 e. The lowest BCUT2D eigenvalue weighted by Gasteiger charge is -2.20. The highest BCUT2D eigenvalue weighted by atomic mass is 32.1. The van der Waals surface area contributed by atoms with E-state index in [-0.39, 0.29) is 17.8 Å². The van der Waals surface area contributed by atoms with Crippen LogP contribution in [-0.2, 0) is 0 Å². The van der Waals surface area contributed by atoms with Crippen molar-refractivity contribution in [2.24, 2.45) is 0 Å². The summed E-state index contributed by atoms with van der Waals surface area (Å²) in [5.41, 5.74) is 0. The Morgan fingerprint density at radius 1 is 1.35 bits per heavy atom. The van der Waals surface area contributed by atoms with Crippen LogP contribution in [0.4, 0.5) is 4.39 Å². The number of carbonyl (C=O) groups excluding carboxylic acids is 1. The molecule has 1 amide bonds. The quantitative estimate of drug-likeness (QED) is 0.903. The first kappa shape index (κ1) is 14.6. The molecule has 1 aromatic carbocycles. The molecule has 120 valence electrons. The summed E-state index contributed by atoms with van der Waals surface area (Å²) in [5.74, 6) is 0.0313. The Balaban J connectivity index is 1.39. The number of amides is 1. The molecule has 2 aromatic rings. The van der Waals surface area contributed by atoms with Crippen LogP contribution in [0.2, 0.25) is 0 Å². The largest absolute Gasteiger partial charge is 0.445 e. The van der Waals surface area contributed by atoms with Gasteiger partial charge in [0.2, 0.25) is 5.06 Å². The van der Waals surface area contributed by atoms with Crippen LogP contribution in [-0.4, -0.2) is 29.0 Å². The fourth-order valence-corrected chi connectivity index (χ4v) is 3.93. The molecular formula is C16H16FN3O2S. The molecule has 2 N–H and O–H groups in total. The minimum absolute atomic E-state index is 0.164. The Labute approximate surface area is 136 Å². The van der Waals surface area contributed by atoms with Crippen molar-refractivity contribution in [3.8, 4) is 10.8 Å². The zero-order valence-electron chi connectivity index (χ0n) is 12.3. The van der Waals surface area contributed by atoms with E-state index in [1.54, 1.807) is 0 Å². The normalized spacial score (nSPS) is 25.5. The van der Waals surface area contributed by atoms with Gasteiger partial charge in [-0.05, 0) is 43.5 Å². The topological polar surface area (TPSA) is 63.2 Å². The number of benzene rings is 1. The number of fused-ring (bicyclic) bond motifs is 2. The first-order valence-corrected chi connectivity index (χ1v) is 8.45. The molecule has 23 heavy (non-hydrogen) atoms. The number of nitrogens with zero attached hydrogens (tertiary/aromatic N) is 1. The Morgan fingerprint density at radius 2 is 2.17 bits per heavy atom. The van der Waals surface area contributed by atoms with Crippen LogP contribution in [0.1, 0.15) is 29.1 Å². The summed E-state index contributed by atoms with van der Waals surface area (Å²) >= 11 is 1.18. The Kier molecular flexibility index (Phi) is 3.74. The maximum atomic E-state index is 12.9. The van der Waals surface area contributed by atoms with Crippen LogP contribution < -0.4 is 15.4 Å². The molecular weight excluding hydrogens is 317 g/mol. The molecule has 0 saturated carbocycles. The highest BCUT2D eigenvalue weighted by Gasteiger charge is 2.39. The molecule has 1 aromatic heterocycles. The molecule has 2 fully saturated rings. The highest BCUT2D eigenvalue weighted by molar-refractivity contribution is 7.15. The number of ether oxygens (including phenoxy) is 1. The molecule has 4 rings (SSSR count). The van der Waals surface area contributed by atoms with Crippen molar-refractivity contribution < 1.29 is 13.9 Å². The van der Waals surface area contributed by atoms with Crippen LogP contribution in [0, 0.1) is 5.82 Å². The number of thiazole rings is 1. The summed E-state index contributed by atoms with van der Waals surface area (Å²) in [6.45, 7) is 0. The van der Waals surface area contributed by atoms with Gasteiger partial charge in [-0.1, -0.05) is 11.3 Å². The molecule has 3 unspecified atom stereocenters. The van der Waals surface area contributed by atoms with Crippen LogP contribution in [0.5, 0.6) is 10.8 Å². The number of nitrogens with one attached hydrogen (secondary N) is 2. The van der Waals surface area contributed by atoms with Crippen LogP contribution >= 0.6 is 11.3 Å². The summed E-state index contributed by atoms with van der Waals surface area (Å²) in [5, 5.41) is 7.43. The van der Waals surface area contributed by atoms with Crippen molar-refractivity contribution in [1.82, 2.24) is 15.6 Å². The van der Waals surface area contributed by atoms with Gasteiger partial charge in [-0.2, -0.15) is 0 Å². The molecule has 7 heteroatoms. The third kappa shape index (κ3) is 3.07. The number of hydrogen-bond acceptors (Lipinski definition) is 5. The minimum Gasteiger partial charge on any atom is -0.445 e. The Morgan fingerprint density at radius 3 is 2.87 bits per heavy atom. The number of aromatic nitrogens is 1. The van der Waals surface area contributed by atoms with E-state index < -0.39 is 0 Å².